The van der Waals surface area contributed by atoms with Crippen LogP contribution in [-0.4, -0.2) is 47.1 Å². The van der Waals surface area contributed by atoms with E-state index in [9.17, 15) is 9.90 Å². The van der Waals surface area contributed by atoms with Crippen LogP contribution in [0, 0.1) is 11.8 Å². The van der Waals surface area contributed by atoms with Crippen LogP contribution in [0.1, 0.15) is 59.8 Å². The second-order valence-corrected chi connectivity index (χ2v) is 9.91. The quantitative estimate of drug-likeness (QED) is 0.355. The van der Waals surface area contributed by atoms with Gasteiger partial charge in [-0.25, -0.2) is 4.98 Å². The first kappa shape index (κ1) is 24.3. The lowest BCUT2D eigenvalue weighted by molar-refractivity contribution is -0.144. The largest absolute Gasteiger partial charge is 0.465 e. The van der Waals surface area contributed by atoms with Gasteiger partial charge in [0.15, 0.2) is 0 Å². The van der Waals surface area contributed by atoms with E-state index in [1.165, 1.54) is 12.8 Å². The lowest BCUT2D eigenvalue weighted by Gasteiger charge is -2.46. The molecule has 7 heteroatoms. The van der Waals surface area contributed by atoms with Gasteiger partial charge in [-0.15, -0.1) is 11.8 Å². The zero-order chi connectivity index (χ0) is 21.4. The van der Waals surface area contributed by atoms with Crippen LogP contribution in [0.25, 0.3) is 0 Å². The molecule has 1 N–H and O–H groups in total. The van der Waals surface area contributed by atoms with Crippen LogP contribution in [0.5, 0.6) is 0 Å². The highest BCUT2D eigenvalue weighted by molar-refractivity contribution is 7.99. The number of hydrogen-bond donors (Lipinski definition) is 1. The molecule has 1 aromatic heterocycles. The number of thioether (sulfide) groups is 1. The zero-order valence-electron chi connectivity index (χ0n) is 18.1. The minimum atomic E-state index is -0.691. The second kappa shape index (κ2) is 11.4. The Kier molecular flexibility index (Phi) is 9.57. The summed E-state index contributed by atoms with van der Waals surface area (Å²) in [4.78, 5) is 19.5. The number of anilines is 1. The highest BCUT2D eigenvalue weighted by Gasteiger charge is 2.38. The van der Waals surface area contributed by atoms with Crippen molar-refractivity contribution in [3.05, 3.63) is 17.3 Å². The van der Waals surface area contributed by atoms with Crippen molar-refractivity contribution in [3.8, 4) is 0 Å². The van der Waals surface area contributed by atoms with Gasteiger partial charge in [0.25, 0.3) is 0 Å². The molecule has 29 heavy (non-hydrogen) atoms. The first-order valence-electron chi connectivity index (χ1n) is 10.7. The highest BCUT2D eigenvalue weighted by Crippen LogP contribution is 2.38. The molecule has 0 aliphatic carbocycles. The molecule has 1 fully saturated rings. The normalized spacial score (nSPS) is 15.9. The average molecular weight is 443 g/mol. The molecule has 0 spiro atoms. The van der Waals surface area contributed by atoms with E-state index < -0.39 is 5.60 Å². The molecule has 0 aromatic carbocycles. The van der Waals surface area contributed by atoms with Crippen molar-refractivity contribution in [2.24, 2.45) is 11.8 Å². The van der Waals surface area contributed by atoms with Gasteiger partial charge >= 0.3 is 5.97 Å². The van der Waals surface area contributed by atoms with Gasteiger partial charge < -0.3 is 14.7 Å². The summed E-state index contributed by atoms with van der Waals surface area (Å²) in [5.74, 6) is 1.92. The minimum Gasteiger partial charge on any atom is -0.465 e. The smallest absolute Gasteiger partial charge is 0.306 e. The number of nitrogens with zero attached hydrogens (tertiary/aromatic N) is 2. The lowest BCUT2D eigenvalue weighted by Crippen LogP contribution is -2.56. The number of aromatic nitrogens is 1. The number of ether oxygens (including phenoxy) is 1. The van der Waals surface area contributed by atoms with E-state index in [-0.39, 0.29) is 11.9 Å². The van der Waals surface area contributed by atoms with Gasteiger partial charge in [0.05, 0.1) is 23.7 Å². The highest BCUT2D eigenvalue weighted by atomic mass is 35.5. The number of unbranched alkanes of at least 4 members (excludes halogenated alkanes) is 1. The van der Waals surface area contributed by atoms with Gasteiger partial charge in [0.1, 0.15) is 5.82 Å². The Morgan fingerprint density at radius 1 is 1.45 bits per heavy atom. The molecule has 1 atom stereocenters. The van der Waals surface area contributed by atoms with Crippen LogP contribution in [-0.2, 0) is 9.53 Å². The van der Waals surface area contributed by atoms with Crippen LogP contribution in [0.3, 0.4) is 0 Å². The Balaban J connectivity index is 1.77. The summed E-state index contributed by atoms with van der Waals surface area (Å²) in [5, 5.41) is 10.7. The molecule has 0 radical (unpaired) electrons. The fourth-order valence-corrected chi connectivity index (χ4v) is 4.53. The van der Waals surface area contributed by atoms with E-state index >= 15 is 0 Å². The molecule has 0 saturated carbocycles. The van der Waals surface area contributed by atoms with Crippen LogP contribution in [0.2, 0.25) is 5.02 Å². The molecule has 0 bridgehead atoms. The third-order valence-corrected chi connectivity index (χ3v) is 7.15. The number of aliphatic hydroxyl groups is 1. The van der Waals surface area contributed by atoms with E-state index in [1.54, 1.807) is 18.0 Å². The molecule has 1 unspecified atom stereocenters. The maximum absolute atomic E-state index is 12.1. The molecule has 164 valence electrons. The summed E-state index contributed by atoms with van der Waals surface area (Å²) in [5.41, 5.74) is -0.691. The molecular formula is C22H35ClN2O3S. The topological polar surface area (TPSA) is 62.7 Å². The van der Waals surface area contributed by atoms with E-state index in [1.807, 2.05) is 19.9 Å². The second-order valence-electron chi connectivity index (χ2n) is 8.40. The first-order chi connectivity index (χ1) is 13.8. The van der Waals surface area contributed by atoms with Gasteiger partial charge in [-0.1, -0.05) is 44.7 Å². The Morgan fingerprint density at radius 3 is 2.79 bits per heavy atom. The first-order valence-corrected chi connectivity index (χ1v) is 12.0. The van der Waals surface area contributed by atoms with Crippen LogP contribution in [0.15, 0.2) is 17.2 Å². The maximum Gasteiger partial charge on any atom is 0.306 e. The van der Waals surface area contributed by atoms with Gasteiger partial charge in [-0.2, -0.15) is 0 Å². The predicted octanol–water partition coefficient (Wildman–Crippen LogP) is 5.18. The van der Waals surface area contributed by atoms with E-state index in [0.717, 1.165) is 36.6 Å². The molecule has 5 nitrogen and oxygen atoms in total. The van der Waals surface area contributed by atoms with E-state index in [2.05, 4.69) is 23.7 Å². The fraction of sp³-hybridized carbons (Fsp3) is 0.727. The molecular weight excluding hydrogens is 408 g/mol. The summed E-state index contributed by atoms with van der Waals surface area (Å²) in [6.07, 6.45) is 6.64. The van der Waals surface area contributed by atoms with Gasteiger partial charge in [0, 0.05) is 35.9 Å². The van der Waals surface area contributed by atoms with Crippen molar-refractivity contribution < 1.29 is 14.6 Å². The van der Waals surface area contributed by atoms with Crippen molar-refractivity contribution in [1.82, 2.24) is 4.98 Å². The molecule has 1 saturated heterocycles. The molecule has 2 rings (SSSR count). The van der Waals surface area contributed by atoms with Gasteiger partial charge in [0.2, 0.25) is 0 Å². The van der Waals surface area contributed by atoms with Gasteiger partial charge in [-0.3, -0.25) is 4.79 Å². The number of hydrogen-bond acceptors (Lipinski definition) is 6. The zero-order valence-corrected chi connectivity index (χ0v) is 19.7. The Hall–Kier alpha value is -0.980. The monoisotopic (exact) mass is 442 g/mol. The van der Waals surface area contributed by atoms with E-state index in [4.69, 9.17) is 16.3 Å². The molecule has 1 aliphatic rings. The number of carbonyl (C=O) groups excluding carboxylic acids is 1. The number of halogens is 1. The number of rotatable bonds is 12. The number of pyridine rings is 1. The third kappa shape index (κ3) is 7.34. The van der Waals surface area contributed by atoms with Crippen molar-refractivity contribution >= 4 is 35.1 Å². The predicted molar refractivity (Wildman–Crippen MR) is 121 cm³/mol. The Labute approximate surface area is 184 Å². The summed E-state index contributed by atoms with van der Waals surface area (Å²) in [6.45, 7) is 10.0. The molecule has 0 amide bonds. The lowest BCUT2D eigenvalue weighted by atomic mass is 9.84. The minimum absolute atomic E-state index is 0.145. The number of esters is 1. The Bertz CT molecular complexity index is 660. The van der Waals surface area contributed by atoms with Crippen molar-refractivity contribution in [2.75, 3.05) is 30.3 Å². The maximum atomic E-state index is 12.1. The van der Waals surface area contributed by atoms with E-state index in [0.29, 0.717) is 29.7 Å². The average Bonchev–Trinajstić information content (AvgIpc) is 2.62. The summed E-state index contributed by atoms with van der Waals surface area (Å²) < 4.78 is 5.46. The number of carbonyl (C=O) groups is 1. The SMILES string of the molecule is CCCCC(CC)COC(=O)CCSc1ccnc(N2CC(C(C)(C)O)C2)c1Cl. The van der Waals surface area contributed by atoms with Crippen LogP contribution >= 0.6 is 23.4 Å². The Morgan fingerprint density at radius 2 is 2.17 bits per heavy atom. The summed E-state index contributed by atoms with van der Waals surface area (Å²) in [7, 11) is 0. The van der Waals surface area contributed by atoms with Crippen molar-refractivity contribution in [2.45, 2.75) is 70.3 Å². The standard InChI is InChI=1S/C22H35ClN2O3S/c1-5-7-8-16(6-2)15-28-19(26)10-12-29-18-9-11-24-21(20(18)23)25-13-17(14-25)22(3,4)27/h9,11,16-17,27H,5-8,10,12-15H2,1-4H3. The summed E-state index contributed by atoms with van der Waals surface area (Å²) >= 11 is 8.11. The van der Waals surface area contributed by atoms with Crippen LogP contribution in [0.4, 0.5) is 5.82 Å². The van der Waals surface area contributed by atoms with Crippen LogP contribution < -0.4 is 4.90 Å². The van der Waals surface area contributed by atoms with Crippen molar-refractivity contribution in [1.29, 1.82) is 0 Å². The fourth-order valence-electron chi connectivity index (χ4n) is 3.27. The molecule has 1 aromatic rings. The molecule has 2 heterocycles. The molecule has 1 aliphatic heterocycles. The van der Waals surface area contributed by atoms with Crippen molar-refractivity contribution in [3.63, 3.8) is 0 Å². The third-order valence-electron chi connectivity index (χ3n) is 5.60. The summed E-state index contributed by atoms with van der Waals surface area (Å²) in [6, 6.07) is 1.88. The van der Waals surface area contributed by atoms with Gasteiger partial charge in [-0.05, 0) is 32.3 Å².